The summed E-state index contributed by atoms with van der Waals surface area (Å²) in [6.45, 7) is 4.04. The van der Waals surface area contributed by atoms with Crippen LogP contribution in [0.2, 0.25) is 0 Å². The van der Waals surface area contributed by atoms with Gasteiger partial charge in [-0.2, -0.15) is 0 Å². The van der Waals surface area contributed by atoms with Crippen molar-refractivity contribution in [2.75, 3.05) is 0 Å². The zero-order chi connectivity index (χ0) is 17.5. The Bertz CT molecular complexity index is 684. The van der Waals surface area contributed by atoms with Crippen LogP contribution >= 0.6 is 0 Å². The second kappa shape index (κ2) is 8.15. The van der Waals surface area contributed by atoms with Gasteiger partial charge in [-0.05, 0) is 35.7 Å². The molecule has 2 amide bonds. The largest absolute Gasteiger partial charge is 0.508 e. The van der Waals surface area contributed by atoms with Crippen LogP contribution in [0.5, 0.6) is 5.75 Å². The maximum absolute atomic E-state index is 12.6. The van der Waals surface area contributed by atoms with Crippen molar-refractivity contribution in [2.45, 2.75) is 26.2 Å². The zero-order valence-electron chi connectivity index (χ0n) is 13.8. The summed E-state index contributed by atoms with van der Waals surface area (Å²) in [5, 5.41) is 9.24. The van der Waals surface area contributed by atoms with E-state index in [4.69, 9.17) is 0 Å². The third-order valence-corrected chi connectivity index (χ3v) is 4.08. The molecular formula is C19H22N2O3. The first kappa shape index (κ1) is 17.5. The number of benzene rings is 2. The molecule has 0 spiro atoms. The van der Waals surface area contributed by atoms with Crippen molar-refractivity contribution >= 4 is 11.8 Å². The Morgan fingerprint density at radius 3 is 2.21 bits per heavy atom. The topological polar surface area (TPSA) is 78.4 Å². The van der Waals surface area contributed by atoms with Crippen molar-refractivity contribution in [1.29, 1.82) is 0 Å². The quantitative estimate of drug-likeness (QED) is 0.739. The maximum atomic E-state index is 12.6. The fraction of sp³-hybridized carbons (Fsp3) is 0.263. The molecule has 2 aromatic rings. The number of hydrogen-bond donors (Lipinski definition) is 3. The van der Waals surface area contributed by atoms with Crippen molar-refractivity contribution in [3.05, 3.63) is 65.7 Å². The molecule has 2 aromatic carbocycles. The second-order valence-corrected chi connectivity index (χ2v) is 5.76. The van der Waals surface area contributed by atoms with E-state index >= 15 is 0 Å². The van der Waals surface area contributed by atoms with Gasteiger partial charge in [0.05, 0.1) is 5.92 Å². The van der Waals surface area contributed by atoms with Gasteiger partial charge in [0.15, 0.2) is 0 Å². The highest BCUT2D eigenvalue weighted by Crippen LogP contribution is 2.26. The highest BCUT2D eigenvalue weighted by Gasteiger charge is 2.26. The number of hydrogen-bond acceptors (Lipinski definition) is 3. The molecule has 0 saturated heterocycles. The Balaban J connectivity index is 2.05. The molecule has 5 nitrogen and oxygen atoms in total. The average molecular weight is 326 g/mol. The van der Waals surface area contributed by atoms with Crippen LogP contribution in [0, 0.1) is 5.92 Å². The van der Waals surface area contributed by atoms with Crippen LogP contribution in [0.25, 0.3) is 0 Å². The zero-order valence-corrected chi connectivity index (χ0v) is 13.8. The fourth-order valence-electron chi connectivity index (χ4n) is 2.52. The van der Waals surface area contributed by atoms with Gasteiger partial charge in [-0.1, -0.05) is 50.6 Å². The van der Waals surface area contributed by atoms with Crippen molar-refractivity contribution < 1.29 is 14.7 Å². The molecule has 5 heteroatoms. The van der Waals surface area contributed by atoms with Crippen molar-refractivity contribution in [2.24, 2.45) is 5.92 Å². The Morgan fingerprint density at radius 2 is 1.62 bits per heavy atom. The third kappa shape index (κ3) is 4.35. The number of aromatic hydroxyl groups is 1. The summed E-state index contributed by atoms with van der Waals surface area (Å²) in [5.41, 5.74) is 6.21. The lowest BCUT2D eigenvalue weighted by atomic mass is 9.85. The lowest BCUT2D eigenvalue weighted by molar-refractivity contribution is -0.124. The number of carbonyl (C=O) groups excluding carboxylic acids is 2. The molecule has 2 atom stereocenters. The van der Waals surface area contributed by atoms with Crippen molar-refractivity contribution in [3.63, 3.8) is 0 Å². The van der Waals surface area contributed by atoms with Crippen LogP contribution in [0.1, 0.15) is 42.1 Å². The van der Waals surface area contributed by atoms with Crippen LogP contribution in [-0.4, -0.2) is 16.9 Å². The normalized spacial score (nSPS) is 12.9. The summed E-state index contributed by atoms with van der Waals surface area (Å²) in [4.78, 5) is 24.6. The number of carbonyl (C=O) groups is 2. The van der Waals surface area contributed by atoms with E-state index < -0.39 is 5.91 Å². The molecule has 0 radical (unpaired) electrons. The van der Waals surface area contributed by atoms with E-state index in [9.17, 15) is 14.7 Å². The Labute approximate surface area is 141 Å². The number of phenolic OH excluding ortho intramolecular Hbond substituents is 1. The SMILES string of the molecule is CC[C@H](C)[C@H](C(=O)NNC(=O)c1ccc(O)cc1)c1ccccc1. The summed E-state index contributed by atoms with van der Waals surface area (Å²) in [7, 11) is 0. The summed E-state index contributed by atoms with van der Waals surface area (Å²) in [5.74, 6) is -0.798. The van der Waals surface area contributed by atoms with Crippen molar-refractivity contribution in [1.82, 2.24) is 10.9 Å². The summed E-state index contributed by atoms with van der Waals surface area (Å²) < 4.78 is 0. The van der Waals surface area contributed by atoms with E-state index in [0.29, 0.717) is 5.56 Å². The van der Waals surface area contributed by atoms with E-state index in [1.807, 2.05) is 44.2 Å². The highest BCUT2D eigenvalue weighted by atomic mass is 16.3. The first-order chi connectivity index (χ1) is 11.5. The van der Waals surface area contributed by atoms with Crippen LogP contribution in [0.15, 0.2) is 54.6 Å². The predicted molar refractivity (Wildman–Crippen MR) is 92.4 cm³/mol. The van der Waals surface area contributed by atoms with Crippen molar-refractivity contribution in [3.8, 4) is 5.75 Å². The number of nitrogens with one attached hydrogen (secondary N) is 2. The van der Waals surface area contributed by atoms with Crippen LogP contribution < -0.4 is 10.9 Å². The molecule has 0 aliphatic rings. The summed E-state index contributed by atoms with van der Waals surface area (Å²) in [6.07, 6.45) is 0.846. The molecule has 0 bridgehead atoms. The minimum atomic E-state index is -0.431. The lowest BCUT2D eigenvalue weighted by Gasteiger charge is -2.22. The molecule has 126 valence electrons. The molecule has 2 rings (SSSR count). The van der Waals surface area contributed by atoms with E-state index in [1.165, 1.54) is 24.3 Å². The summed E-state index contributed by atoms with van der Waals surface area (Å²) in [6, 6.07) is 15.3. The molecule has 0 heterocycles. The molecule has 0 aliphatic carbocycles. The first-order valence-corrected chi connectivity index (χ1v) is 7.97. The molecule has 0 aliphatic heterocycles. The summed E-state index contributed by atoms with van der Waals surface area (Å²) >= 11 is 0. The second-order valence-electron chi connectivity index (χ2n) is 5.76. The third-order valence-electron chi connectivity index (χ3n) is 4.08. The average Bonchev–Trinajstić information content (AvgIpc) is 2.61. The van der Waals surface area contributed by atoms with E-state index in [1.54, 1.807) is 0 Å². The van der Waals surface area contributed by atoms with E-state index in [-0.39, 0.29) is 23.5 Å². The number of hydrazine groups is 1. The van der Waals surface area contributed by atoms with Gasteiger partial charge in [0.2, 0.25) is 5.91 Å². The van der Waals surface area contributed by atoms with Gasteiger partial charge in [0, 0.05) is 5.56 Å². The number of amides is 2. The molecule has 0 saturated carbocycles. The highest BCUT2D eigenvalue weighted by molar-refractivity contribution is 5.96. The van der Waals surface area contributed by atoms with Gasteiger partial charge in [0.25, 0.3) is 5.91 Å². The van der Waals surface area contributed by atoms with Gasteiger partial charge in [-0.25, -0.2) is 0 Å². The van der Waals surface area contributed by atoms with Gasteiger partial charge in [-0.15, -0.1) is 0 Å². The monoisotopic (exact) mass is 326 g/mol. The van der Waals surface area contributed by atoms with E-state index in [2.05, 4.69) is 10.9 Å². The van der Waals surface area contributed by atoms with Crippen LogP contribution in [0.4, 0.5) is 0 Å². The fourth-order valence-corrected chi connectivity index (χ4v) is 2.52. The Morgan fingerprint density at radius 1 is 1.00 bits per heavy atom. The van der Waals surface area contributed by atoms with Crippen LogP contribution in [0.3, 0.4) is 0 Å². The van der Waals surface area contributed by atoms with Crippen LogP contribution in [-0.2, 0) is 4.79 Å². The maximum Gasteiger partial charge on any atom is 0.269 e. The van der Waals surface area contributed by atoms with Gasteiger partial charge >= 0.3 is 0 Å². The minimum absolute atomic E-state index is 0.0801. The van der Waals surface area contributed by atoms with E-state index in [0.717, 1.165) is 12.0 Å². The van der Waals surface area contributed by atoms with Gasteiger partial charge in [0.1, 0.15) is 5.75 Å². The Kier molecular flexibility index (Phi) is 5.95. The van der Waals surface area contributed by atoms with Gasteiger partial charge in [-0.3, -0.25) is 20.4 Å². The molecule has 0 fully saturated rings. The molecular weight excluding hydrogens is 304 g/mol. The smallest absolute Gasteiger partial charge is 0.269 e. The molecule has 0 aromatic heterocycles. The Hall–Kier alpha value is -2.82. The molecule has 24 heavy (non-hydrogen) atoms. The number of rotatable bonds is 5. The minimum Gasteiger partial charge on any atom is -0.508 e. The molecule has 0 unspecified atom stereocenters. The number of phenols is 1. The lowest BCUT2D eigenvalue weighted by Crippen LogP contribution is -2.45. The standard InChI is InChI=1S/C19H22N2O3/c1-3-13(2)17(14-7-5-4-6-8-14)19(24)21-20-18(23)15-9-11-16(22)12-10-15/h4-13,17,22H,3H2,1-2H3,(H,20,23)(H,21,24)/t13-,17-/m0/s1. The predicted octanol–water partition coefficient (Wildman–Crippen LogP) is 2.98. The molecule has 3 N–H and O–H groups in total. The first-order valence-electron chi connectivity index (χ1n) is 7.97. The van der Waals surface area contributed by atoms with Gasteiger partial charge < -0.3 is 5.11 Å².